The van der Waals surface area contributed by atoms with E-state index in [1.54, 1.807) is 0 Å². The van der Waals surface area contributed by atoms with Crippen LogP contribution in [0.4, 0.5) is 0 Å². The van der Waals surface area contributed by atoms with Gasteiger partial charge in [-0.3, -0.25) is 0 Å². The van der Waals surface area contributed by atoms with Crippen molar-refractivity contribution in [1.29, 1.82) is 21.2 Å². The summed E-state index contributed by atoms with van der Waals surface area (Å²) in [7, 11) is 0. The molecule has 1 saturated carbocycles. The van der Waals surface area contributed by atoms with Crippen molar-refractivity contribution in [2.45, 2.75) is 46.0 Å². The van der Waals surface area contributed by atoms with E-state index in [0.29, 0.717) is 0 Å². The molecule has 2 aliphatic carbocycles. The van der Waals surface area contributed by atoms with Gasteiger partial charge in [0.1, 0.15) is 5.92 Å². The van der Waals surface area contributed by atoms with Crippen LogP contribution in [0.3, 0.4) is 0 Å². The summed E-state index contributed by atoms with van der Waals surface area (Å²) in [5.74, 6) is -1.20. The number of fused-ring (bicyclic) bond motifs is 1. The highest BCUT2D eigenvalue weighted by molar-refractivity contribution is 6.00. The standard InChI is InChI=1S/C22H22N4/c1-13-8-14(2)19(15(3)9-13)20-17-7-5-4-6-16(17)18(10-23)21(26)22(20,11-24)12-25/h6,8-9,17-18,20,26H,4-5,7H2,1-3H3/t17-,18+,20-/m0/s1. The third kappa shape index (κ3) is 2.36. The number of allylic oxidation sites excluding steroid dienone is 2. The molecule has 0 radical (unpaired) electrons. The second-order valence-corrected chi connectivity index (χ2v) is 7.54. The minimum atomic E-state index is -1.59. The first kappa shape index (κ1) is 17.9. The molecule has 0 heterocycles. The molecule has 1 fully saturated rings. The van der Waals surface area contributed by atoms with Crippen LogP contribution >= 0.6 is 0 Å². The van der Waals surface area contributed by atoms with Crippen LogP contribution in [0.2, 0.25) is 0 Å². The van der Waals surface area contributed by atoms with Gasteiger partial charge in [-0.25, -0.2) is 0 Å². The van der Waals surface area contributed by atoms with Gasteiger partial charge < -0.3 is 5.41 Å². The third-order valence-corrected chi connectivity index (χ3v) is 5.97. The smallest absolute Gasteiger partial charge is 0.189 e. The van der Waals surface area contributed by atoms with E-state index in [1.165, 1.54) is 0 Å². The lowest BCUT2D eigenvalue weighted by molar-refractivity contribution is 0.318. The van der Waals surface area contributed by atoms with Gasteiger partial charge in [0.15, 0.2) is 5.41 Å². The maximum Gasteiger partial charge on any atom is 0.189 e. The first-order valence-corrected chi connectivity index (χ1v) is 9.00. The van der Waals surface area contributed by atoms with Gasteiger partial charge in [0.05, 0.1) is 23.9 Å². The molecule has 1 aromatic rings. The van der Waals surface area contributed by atoms with Crippen molar-refractivity contribution in [3.63, 3.8) is 0 Å². The van der Waals surface area contributed by atoms with E-state index in [4.69, 9.17) is 5.41 Å². The molecule has 0 spiro atoms. The summed E-state index contributed by atoms with van der Waals surface area (Å²) >= 11 is 0. The van der Waals surface area contributed by atoms with Crippen LogP contribution < -0.4 is 0 Å². The Labute approximate surface area is 154 Å². The number of hydrogen-bond acceptors (Lipinski definition) is 4. The van der Waals surface area contributed by atoms with Crippen molar-refractivity contribution in [2.24, 2.45) is 17.3 Å². The Morgan fingerprint density at radius 2 is 1.69 bits per heavy atom. The van der Waals surface area contributed by atoms with Crippen LogP contribution in [-0.2, 0) is 0 Å². The lowest BCUT2D eigenvalue weighted by atomic mass is 9.52. The maximum atomic E-state index is 10.0. The Bertz CT molecular complexity index is 895. The minimum Gasteiger partial charge on any atom is -0.305 e. The number of aryl methyl sites for hydroxylation is 3. The SMILES string of the molecule is Cc1cc(C)c([C@@H]2[C@H]3CCCC=C3[C@@H](C#N)C(=N)C2(C#N)C#N)c(C)c1. The molecule has 0 saturated heterocycles. The second kappa shape index (κ2) is 6.44. The zero-order valence-electron chi connectivity index (χ0n) is 15.4. The second-order valence-electron chi connectivity index (χ2n) is 7.54. The van der Waals surface area contributed by atoms with Crippen molar-refractivity contribution < 1.29 is 0 Å². The fourth-order valence-corrected chi connectivity index (χ4v) is 5.00. The van der Waals surface area contributed by atoms with E-state index in [-0.39, 0.29) is 11.6 Å². The van der Waals surface area contributed by atoms with Gasteiger partial charge in [-0.15, -0.1) is 0 Å². The van der Waals surface area contributed by atoms with Crippen LogP contribution in [-0.4, -0.2) is 5.71 Å². The van der Waals surface area contributed by atoms with Crippen molar-refractivity contribution in [3.05, 3.63) is 46.0 Å². The predicted octanol–water partition coefficient (Wildman–Crippen LogP) is 4.63. The highest BCUT2D eigenvalue weighted by Crippen LogP contribution is 2.56. The number of nitriles is 3. The lowest BCUT2D eigenvalue weighted by Crippen LogP contribution is -2.49. The molecule has 130 valence electrons. The molecular formula is C22H22N4. The Kier molecular flexibility index (Phi) is 4.43. The van der Waals surface area contributed by atoms with Gasteiger partial charge in [-0.05, 0) is 68.2 Å². The summed E-state index contributed by atoms with van der Waals surface area (Å²) in [6, 6.07) is 10.7. The summed E-state index contributed by atoms with van der Waals surface area (Å²) in [5, 5.41) is 38.4. The van der Waals surface area contributed by atoms with Gasteiger partial charge in [-0.2, -0.15) is 15.8 Å². The Morgan fingerprint density at radius 3 is 2.23 bits per heavy atom. The molecule has 4 nitrogen and oxygen atoms in total. The fraction of sp³-hybridized carbons (Fsp3) is 0.455. The van der Waals surface area contributed by atoms with Gasteiger partial charge in [-0.1, -0.05) is 23.8 Å². The summed E-state index contributed by atoms with van der Waals surface area (Å²) in [4.78, 5) is 0. The Hall–Kier alpha value is -2.90. The number of hydrogen-bond donors (Lipinski definition) is 1. The predicted molar refractivity (Wildman–Crippen MR) is 99.3 cm³/mol. The van der Waals surface area contributed by atoms with E-state index < -0.39 is 17.3 Å². The molecule has 0 amide bonds. The van der Waals surface area contributed by atoms with Crippen LogP contribution in [0.15, 0.2) is 23.8 Å². The van der Waals surface area contributed by atoms with Gasteiger partial charge in [0, 0.05) is 5.92 Å². The quantitative estimate of drug-likeness (QED) is 0.754. The summed E-state index contributed by atoms with van der Waals surface area (Å²) in [6.07, 6.45) is 4.79. The third-order valence-electron chi connectivity index (χ3n) is 5.97. The number of nitrogens with one attached hydrogen (secondary N) is 1. The van der Waals surface area contributed by atoms with Crippen molar-refractivity contribution >= 4 is 5.71 Å². The van der Waals surface area contributed by atoms with Crippen molar-refractivity contribution in [1.82, 2.24) is 0 Å². The first-order valence-electron chi connectivity index (χ1n) is 9.00. The summed E-state index contributed by atoms with van der Waals surface area (Å²) in [6.45, 7) is 6.06. The van der Waals surface area contributed by atoms with E-state index in [9.17, 15) is 15.8 Å². The number of rotatable bonds is 1. The van der Waals surface area contributed by atoms with Crippen LogP contribution in [0.25, 0.3) is 0 Å². The molecule has 0 bridgehead atoms. The van der Waals surface area contributed by atoms with Crippen LogP contribution in [0.1, 0.15) is 47.4 Å². The molecular weight excluding hydrogens is 320 g/mol. The van der Waals surface area contributed by atoms with Gasteiger partial charge in [0.25, 0.3) is 0 Å². The zero-order chi connectivity index (χ0) is 19.1. The largest absolute Gasteiger partial charge is 0.305 e. The topological polar surface area (TPSA) is 95.2 Å². The average Bonchev–Trinajstić information content (AvgIpc) is 2.61. The van der Waals surface area contributed by atoms with Crippen molar-refractivity contribution in [2.75, 3.05) is 0 Å². The lowest BCUT2D eigenvalue weighted by Gasteiger charge is -2.46. The van der Waals surface area contributed by atoms with Crippen molar-refractivity contribution in [3.8, 4) is 18.2 Å². The highest BCUT2D eigenvalue weighted by atomic mass is 14.7. The van der Waals surface area contributed by atoms with Gasteiger partial charge in [0.2, 0.25) is 0 Å². The average molecular weight is 342 g/mol. The Balaban J connectivity index is 2.34. The minimum absolute atomic E-state index is 0.0399. The monoisotopic (exact) mass is 342 g/mol. The molecule has 4 heteroatoms. The summed E-state index contributed by atoms with van der Waals surface area (Å²) < 4.78 is 0. The zero-order valence-corrected chi connectivity index (χ0v) is 15.4. The first-order chi connectivity index (χ1) is 12.4. The number of benzene rings is 1. The molecule has 1 N–H and O–H groups in total. The number of nitrogens with zero attached hydrogens (tertiary/aromatic N) is 3. The molecule has 2 aliphatic rings. The molecule has 0 aromatic heterocycles. The summed E-state index contributed by atoms with van der Waals surface area (Å²) in [5.41, 5.74) is 3.53. The van der Waals surface area contributed by atoms with Crippen LogP contribution in [0.5, 0.6) is 0 Å². The van der Waals surface area contributed by atoms with E-state index in [1.807, 2.05) is 20.8 Å². The highest BCUT2D eigenvalue weighted by Gasteiger charge is 2.57. The fourth-order valence-electron chi connectivity index (χ4n) is 5.00. The molecule has 26 heavy (non-hydrogen) atoms. The molecule has 3 atom stereocenters. The Morgan fingerprint density at radius 1 is 1.08 bits per heavy atom. The normalized spacial score (nSPS) is 26.7. The molecule has 1 aromatic carbocycles. The van der Waals surface area contributed by atoms with E-state index >= 15 is 0 Å². The van der Waals surface area contributed by atoms with Crippen LogP contribution in [0, 0.1) is 77.4 Å². The molecule has 3 rings (SSSR count). The van der Waals surface area contributed by atoms with E-state index in [2.05, 4.69) is 36.4 Å². The molecule has 0 aliphatic heterocycles. The molecule has 0 unspecified atom stereocenters. The maximum absolute atomic E-state index is 10.0. The van der Waals surface area contributed by atoms with Gasteiger partial charge >= 0.3 is 0 Å². The van der Waals surface area contributed by atoms with E-state index in [0.717, 1.165) is 47.1 Å².